The third kappa shape index (κ3) is 5.38. The molecule has 1 aliphatic heterocycles. The van der Waals surface area contributed by atoms with Crippen LogP contribution in [-0.4, -0.2) is 45.9 Å². The minimum Gasteiger partial charge on any atom is -0.319 e. The van der Waals surface area contributed by atoms with Crippen molar-refractivity contribution >= 4 is 10.2 Å². The van der Waals surface area contributed by atoms with Crippen LogP contribution in [-0.2, 0) is 10.2 Å². The molecule has 0 amide bonds. The first-order chi connectivity index (χ1) is 8.86. The summed E-state index contributed by atoms with van der Waals surface area (Å²) in [6.07, 6.45) is 1.89. The molecule has 0 bridgehead atoms. The number of hydrogen-bond acceptors (Lipinski definition) is 3. The molecule has 0 spiro atoms. The van der Waals surface area contributed by atoms with Gasteiger partial charge in [-0.3, -0.25) is 0 Å². The number of hydrogen-bond donors (Lipinski definition) is 2. The van der Waals surface area contributed by atoms with Crippen LogP contribution >= 0.6 is 0 Å². The van der Waals surface area contributed by atoms with Gasteiger partial charge in [0.1, 0.15) is 0 Å². The second kappa shape index (κ2) is 7.57. The molecule has 0 aromatic carbocycles. The first-order valence-corrected chi connectivity index (χ1v) is 8.70. The van der Waals surface area contributed by atoms with E-state index >= 15 is 0 Å². The zero-order chi connectivity index (χ0) is 14.5. The van der Waals surface area contributed by atoms with E-state index in [-0.39, 0.29) is 0 Å². The van der Waals surface area contributed by atoms with Gasteiger partial charge in [-0.05, 0) is 44.2 Å². The topological polar surface area (TPSA) is 61.4 Å². The Morgan fingerprint density at radius 2 is 1.79 bits per heavy atom. The number of piperidine rings is 1. The van der Waals surface area contributed by atoms with Crippen LogP contribution in [0.25, 0.3) is 0 Å². The van der Waals surface area contributed by atoms with Gasteiger partial charge in [0.25, 0.3) is 10.2 Å². The van der Waals surface area contributed by atoms with Crippen LogP contribution < -0.4 is 10.0 Å². The predicted molar refractivity (Wildman–Crippen MR) is 79.1 cm³/mol. The van der Waals surface area contributed by atoms with E-state index in [1.165, 1.54) is 0 Å². The average Bonchev–Trinajstić information content (AvgIpc) is 2.37. The van der Waals surface area contributed by atoms with E-state index in [4.69, 9.17) is 0 Å². The van der Waals surface area contributed by atoms with Crippen molar-refractivity contribution in [3.8, 4) is 0 Å². The lowest BCUT2D eigenvalue weighted by Crippen LogP contribution is -2.47. The van der Waals surface area contributed by atoms with Crippen LogP contribution in [0.4, 0.5) is 0 Å². The fraction of sp³-hybridized carbons (Fsp3) is 1.00. The predicted octanol–water partition coefficient (Wildman–Crippen LogP) is 1.04. The van der Waals surface area contributed by atoms with Crippen molar-refractivity contribution in [1.29, 1.82) is 0 Å². The lowest BCUT2D eigenvalue weighted by Gasteiger charge is -2.31. The van der Waals surface area contributed by atoms with E-state index in [9.17, 15) is 8.42 Å². The Kier molecular flexibility index (Phi) is 6.73. The summed E-state index contributed by atoms with van der Waals surface area (Å²) in [5.41, 5.74) is 0. The monoisotopic (exact) mass is 291 g/mol. The van der Waals surface area contributed by atoms with Gasteiger partial charge in [-0.25, -0.2) is 4.72 Å². The molecule has 1 atom stereocenters. The molecule has 0 aromatic heterocycles. The van der Waals surface area contributed by atoms with Gasteiger partial charge in [-0.1, -0.05) is 20.8 Å². The van der Waals surface area contributed by atoms with Crippen molar-refractivity contribution in [1.82, 2.24) is 14.3 Å². The van der Waals surface area contributed by atoms with Crippen molar-refractivity contribution in [2.45, 2.75) is 33.6 Å². The number of nitrogens with one attached hydrogen (secondary N) is 2. The van der Waals surface area contributed by atoms with Crippen molar-refractivity contribution in [2.24, 2.45) is 17.8 Å². The first-order valence-electron chi connectivity index (χ1n) is 7.26. The van der Waals surface area contributed by atoms with Crippen molar-refractivity contribution in [3.05, 3.63) is 0 Å². The molecule has 0 saturated carbocycles. The van der Waals surface area contributed by atoms with Crippen LogP contribution in [0.5, 0.6) is 0 Å². The summed E-state index contributed by atoms with van der Waals surface area (Å²) in [5.74, 6) is 1.45. The maximum absolute atomic E-state index is 12.2. The molecule has 0 aromatic rings. The molecule has 0 aliphatic carbocycles. The van der Waals surface area contributed by atoms with Gasteiger partial charge in [0.05, 0.1) is 0 Å². The third-order valence-electron chi connectivity index (χ3n) is 4.13. The molecule has 1 saturated heterocycles. The van der Waals surface area contributed by atoms with E-state index in [0.717, 1.165) is 19.4 Å². The third-order valence-corrected chi connectivity index (χ3v) is 5.71. The molecule has 0 radical (unpaired) electrons. The quantitative estimate of drug-likeness (QED) is 0.737. The van der Waals surface area contributed by atoms with E-state index in [1.54, 1.807) is 4.31 Å². The minimum atomic E-state index is -3.29. The normalized spacial score (nSPS) is 20.9. The molecular formula is C13H29N3O2S. The largest absolute Gasteiger partial charge is 0.319 e. The minimum absolute atomic E-state index is 0.358. The first kappa shape index (κ1) is 16.9. The van der Waals surface area contributed by atoms with E-state index in [2.05, 4.69) is 30.8 Å². The Labute approximate surface area is 118 Å². The van der Waals surface area contributed by atoms with Gasteiger partial charge in [-0.2, -0.15) is 12.7 Å². The van der Waals surface area contributed by atoms with E-state index in [0.29, 0.717) is 37.4 Å². The molecule has 1 aliphatic rings. The summed E-state index contributed by atoms with van der Waals surface area (Å²) < 4.78 is 28.7. The maximum Gasteiger partial charge on any atom is 0.279 e. The van der Waals surface area contributed by atoms with E-state index < -0.39 is 10.2 Å². The second-order valence-electron chi connectivity index (χ2n) is 5.97. The van der Waals surface area contributed by atoms with Gasteiger partial charge in [0.2, 0.25) is 0 Å². The molecule has 114 valence electrons. The average molecular weight is 291 g/mol. The highest BCUT2D eigenvalue weighted by molar-refractivity contribution is 7.87. The highest BCUT2D eigenvalue weighted by Gasteiger charge is 2.27. The Hall–Kier alpha value is -0.170. The number of nitrogens with zero attached hydrogens (tertiary/aromatic N) is 1. The highest BCUT2D eigenvalue weighted by atomic mass is 32.2. The molecule has 19 heavy (non-hydrogen) atoms. The fourth-order valence-corrected chi connectivity index (χ4v) is 3.55. The Bertz CT molecular complexity index is 349. The summed E-state index contributed by atoms with van der Waals surface area (Å²) in [7, 11) is -1.34. The Morgan fingerprint density at radius 3 is 2.26 bits per heavy atom. The van der Waals surface area contributed by atoms with Crippen molar-refractivity contribution in [2.75, 3.05) is 33.2 Å². The fourth-order valence-electron chi connectivity index (χ4n) is 2.21. The SMILES string of the molecule is CNCC1CCN(S(=O)(=O)NCC(C)C(C)C)CC1. The summed E-state index contributed by atoms with van der Waals surface area (Å²) in [6, 6.07) is 0. The Morgan fingerprint density at radius 1 is 1.21 bits per heavy atom. The zero-order valence-electron chi connectivity index (χ0n) is 12.6. The summed E-state index contributed by atoms with van der Waals surface area (Å²) in [5, 5.41) is 3.16. The van der Waals surface area contributed by atoms with Gasteiger partial charge in [0, 0.05) is 19.6 Å². The molecule has 1 fully saturated rings. The van der Waals surface area contributed by atoms with Crippen LogP contribution in [0.15, 0.2) is 0 Å². The summed E-state index contributed by atoms with van der Waals surface area (Å²) in [4.78, 5) is 0. The molecule has 5 nitrogen and oxygen atoms in total. The lowest BCUT2D eigenvalue weighted by molar-refractivity contribution is 0.267. The van der Waals surface area contributed by atoms with Crippen LogP contribution in [0.1, 0.15) is 33.6 Å². The van der Waals surface area contributed by atoms with Gasteiger partial charge >= 0.3 is 0 Å². The summed E-state index contributed by atoms with van der Waals surface area (Å²) in [6.45, 7) is 9.08. The zero-order valence-corrected chi connectivity index (χ0v) is 13.5. The number of rotatable bonds is 7. The molecule has 6 heteroatoms. The molecule has 1 heterocycles. The van der Waals surface area contributed by atoms with Gasteiger partial charge in [0.15, 0.2) is 0 Å². The molecule has 1 unspecified atom stereocenters. The summed E-state index contributed by atoms with van der Waals surface area (Å²) >= 11 is 0. The smallest absolute Gasteiger partial charge is 0.279 e. The van der Waals surface area contributed by atoms with Crippen molar-refractivity contribution < 1.29 is 8.42 Å². The Balaban J connectivity index is 2.42. The van der Waals surface area contributed by atoms with Crippen LogP contribution in [0, 0.1) is 17.8 Å². The van der Waals surface area contributed by atoms with Crippen LogP contribution in [0.3, 0.4) is 0 Å². The maximum atomic E-state index is 12.2. The standard InChI is InChI=1S/C13H29N3O2S/c1-11(2)12(3)9-15-19(17,18)16-7-5-13(6-8-16)10-14-4/h11-15H,5-10H2,1-4H3. The molecule has 2 N–H and O–H groups in total. The lowest BCUT2D eigenvalue weighted by atomic mass is 9.98. The second-order valence-corrected chi connectivity index (χ2v) is 7.73. The highest BCUT2D eigenvalue weighted by Crippen LogP contribution is 2.18. The van der Waals surface area contributed by atoms with Gasteiger partial charge in [-0.15, -0.1) is 0 Å². The molecule has 1 rings (SSSR count). The molecular weight excluding hydrogens is 262 g/mol. The van der Waals surface area contributed by atoms with Crippen LogP contribution in [0.2, 0.25) is 0 Å². The van der Waals surface area contributed by atoms with Gasteiger partial charge < -0.3 is 5.32 Å². The van der Waals surface area contributed by atoms with Crippen molar-refractivity contribution in [3.63, 3.8) is 0 Å². The van der Waals surface area contributed by atoms with E-state index in [1.807, 2.05) is 7.05 Å².